The molecule has 2 rings (SSSR count). The van der Waals surface area contributed by atoms with E-state index in [1.807, 2.05) is 6.92 Å². The zero-order chi connectivity index (χ0) is 14.8. The molecule has 0 spiro atoms. The normalized spacial score (nSPS) is 12.9. The topological polar surface area (TPSA) is 72.2 Å². The van der Waals surface area contributed by atoms with Gasteiger partial charge in [-0.1, -0.05) is 18.2 Å². The minimum absolute atomic E-state index is 0.0582. The molecule has 0 fully saturated rings. The third-order valence-corrected chi connectivity index (χ3v) is 3.81. The van der Waals surface area contributed by atoms with Crippen LogP contribution >= 0.6 is 0 Å². The van der Waals surface area contributed by atoms with E-state index in [1.54, 1.807) is 24.3 Å². The molecule has 0 amide bonds. The summed E-state index contributed by atoms with van der Waals surface area (Å²) in [7, 11) is -3.73. The minimum Gasteiger partial charge on any atom is -0.378 e. The van der Waals surface area contributed by atoms with Crippen molar-refractivity contribution in [1.29, 1.82) is 0 Å². The van der Waals surface area contributed by atoms with Crippen LogP contribution in [0, 0.1) is 5.82 Å². The summed E-state index contributed by atoms with van der Waals surface area (Å²) in [5.74, 6) is -0.333. The zero-order valence-electron chi connectivity index (χ0n) is 10.9. The summed E-state index contributed by atoms with van der Waals surface area (Å²) in [5.41, 5.74) is 1.37. The Morgan fingerprint density at radius 3 is 2.50 bits per heavy atom. The monoisotopic (exact) mass is 294 g/mol. The number of primary sulfonamides is 1. The molecule has 0 heterocycles. The summed E-state index contributed by atoms with van der Waals surface area (Å²) < 4.78 is 35.7. The molecule has 0 aromatic heterocycles. The molecule has 0 saturated carbocycles. The smallest absolute Gasteiger partial charge is 0.238 e. The maximum atomic E-state index is 13.1. The maximum Gasteiger partial charge on any atom is 0.238 e. The molecule has 106 valence electrons. The first-order chi connectivity index (χ1) is 9.36. The highest BCUT2D eigenvalue weighted by Gasteiger charge is 2.11. The largest absolute Gasteiger partial charge is 0.378 e. The lowest BCUT2D eigenvalue weighted by atomic mass is 10.1. The van der Waals surface area contributed by atoms with E-state index in [9.17, 15) is 12.8 Å². The summed E-state index contributed by atoms with van der Waals surface area (Å²) in [6.45, 7) is 1.85. The standard InChI is InChI=1S/C14H15FN2O2S/c1-10(17-13-6-3-5-12(15)9-13)11-4-2-7-14(8-11)20(16,18)19/h2-10,17H,1H3,(H2,16,18,19). The van der Waals surface area contributed by atoms with Crippen LogP contribution in [-0.2, 0) is 10.0 Å². The second kappa shape index (κ2) is 5.60. The Hall–Kier alpha value is -1.92. The molecule has 4 nitrogen and oxygen atoms in total. The van der Waals surface area contributed by atoms with Crippen LogP contribution in [0.2, 0.25) is 0 Å². The molecule has 6 heteroatoms. The van der Waals surface area contributed by atoms with E-state index >= 15 is 0 Å². The van der Waals surface area contributed by atoms with Crippen molar-refractivity contribution in [3.63, 3.8) is 0 Å². The Bertz CT molecular complexity index is 717. The van der Waals surface area contributed by atoms with Crippen molar-refractivity contribution >= 4 is 15.7 Å². The van der Waals surface area contributed by atoms with E-state index in [0.29, 0.717) is 5.69 Å². The number of sulfonamides is 1. The van der Waals surface area contributed by atoms with Crippen LogP contribution < -0.4 is 10.5 Å². The van der Waals surface area contributed by atoms with Crippen LogP contribution in [-0.4, -0.2) is 8.42 Å². The Kier molecular flexibility index (Phi) is 4.06. The molecule has 0 aliphatic carbocycles. The molecule has 2 aromatic carbocycles. The molecule has 0 saturated heterocycles. The maximum absolute atomic E-state index is 13.1. The molecule has 0 aliphatic rings. The van der Waals surface area contributed by atoms with Crippen molar-refractivity contribution in [2.24, 2.45) is 5.14 Å². The predicted molar refractivity (Wildman–Crippen MR) is 76.3 cm³/mol. The predicted octanol–water partition coefficient (Wildman–Crippen LogP) is 2.65. The summed E-state index contributed by atoms with van der Waals surface area (Å²) in [6.07, 6.45) is 0. The number of nitrogens with two attached hydrogens (primary N) is 1. The molecule has 2 aromatic rings. The van der Waals surface area contributed by atoms with Gasteiger partial charge in [-0.25, -0.2) is 17.9 Å². The van der Waals surface area contributed by atoms with E-state index in [1.165, 1.54) is 24.3 Å². The van der Waals surface area contributed by atoms with Gasteiger partial charge in [0.05, 0.1) is 4.90 Å². The highest BCUT2D eigenvalue weighted by molar-refractivity contribution is 7.89. The fraction of sp³-hybridized carbons (Fsp3) is 0.143. The lowest BCUT2D eigenvalue weighted by Gasteiger charge is -2.16. The highest BCUT2D eigenvalue weighted by Crippen LogP contribution is 2.21. The van der Waals surface area contributed by atoms with Crippen molar-refractivity contribution in [2.75, 3.05) is 5.32 Å². The average Bonchev–Trinajstić information content (AvgIpc) is 2.38. The number of hydrogen-bond donors (Lipinski definition) is 2. The SMILES string of the molecule is CC(Nc1cccc(F)c1)c1cccc(S(N)(=O)=O)c1. The van der Waals surface area contributed by atoms with Crippen LogP contribution in [0.4, 0.5) is 10.1 Å². The summed E-state index contributed by atoms with van der Waals surface area (Å²) in [4.78, 5) is 0.0582. The van der Waals surface area contributed by atoms with Crippen molar-refractivity contribution in [3.05, 3.63) is 59.9 Å². The van der Waals surface area contributed by atoms with Gasteiger partial charge >= 0.3 is 0 Å². The van der Waals surface area contributed by atoms with E-state index in [-0.39, 0.29) is 16.8 Å². The first kappa shape index (κ1) is 14.5. The Morgan fingerprint density at radius 2 is 1.85 bits per heavy atom. The molecule has 0 radical (unpaired) electrons. The Morgan fingerprint density at radius 1 is 1.15 bits per heavy atom. The fourth-order valence-corrected chi connectivity index (χ4v) is 2.44. The number of halogens is 1. The molecule has 0 aliphatic heterocycles. The quantitative estimate of drug-likeness (QED) is 0.910. The van der Waals surface area contributed by atoms with Crippen molar-refractivity contribution in [1.82, 2.24) is 0 Å². The van der Waals surface area contributed by atoms with Crippen LogP contribution in [0.15, 0.2) is 53.4 Å². The summed E-state index contributed by atoms with van der Waals surface area (Å²) in [6, 6.07) is 12.2. The van der Waals surface area contributed by atoms with Crippen molar-refractivity contribution in [2.45, 2.75) is 17.9 Å². The summed E-state index contributed by atoms with van der Waals surface area (Å²) in [5, 5.41) is 8.20. The molecule has 3 N–H and O–H groups in total. The Labute approximate surface area is 117 Å². The second-order valence-corrected chi connectivity index (χ2v) is 6.06. The van der Waals surface area contributed by atoms with Crippen LogP contribution in [0.25, 0.3) is 0 Å². The minimum atomic E-state index is -3.73. The van der Waals surface area contributed by atoms with Gasteiger partial charge in [-0.3, -0.25) is 0 Å². The molecule has 20 heavy (non-hydrogen) atoms. The number of hydrogen-bond acceptors (Lipinski definition) is 3. The van der Waals surface area contributed by atoms with Gasteiger partial charge in [0.25, 0.3) is 0 Å². The first-order valence-electron chi connectivity index (χ1n) is 6.01. The van der Waals surface area contributed by atoms with Gasteiger partial charge in [0.15, 0.2) is 0 Å². The zero-order valence-corrected chi connectivity index (χ0v) is 11.7. The molecule has 0 bridgehead atoms. The average molecular weight is 294 g/mol. The lowest BCUT2D eigenvalue weighted by Crippen LogP contribution is -2.13. The number of benzene rings is 2. The second-order valence-electron chi connectivity index (χ2n) is 4.49. The Balaban J connectivity index is 2.23. The molecular weight excluding hydrogens is 279 g/mol. The van der Waals surface area contributed by atoms with Gasteiger partial charge in [0.2, 0.25) is 10.0 Å². The number of rotatable bonds is 4. The van der Waals surface area contributed by atoms with Crippen LogP contribution in [0.1, 0.15) is 18.5 Å². The van der Waals surface area contributed by atoms with E-state index in [4.69, 9.17) is 5.14 Å². The molecule has 1 unspecified atom stereocenters. The van der Waals surface area contributed by atoms with Gasteiger partial charge in [-0.2, -0.15) is 0 Å². The van der Waals surface area contributed by atoms with Gasteiger partial charge in [-0.05, 0) is 42.8 Å². The summed E-state index contributed by atoms with van der Waals surface area (Å²) >= 11 is 0. The third kappa shape index (κ3) is 3.55. The number of nitrogens with one attached hydrogen (secondary N) is 1. The molecular formula is C14H15FN2O2S. The van der Waals surface area contributed by atoms with Gasteiger partial charge < -0.3 is 5.32 Å². The first-order valence-corrected chi connectivity index (χ1v) is 7.56. The molecule has 1 atom stereocenters. The van der Waals surface area contributed by atoms with Crippen molar-refractivity contribution in [3.8, 4) is 0 Å². The van der Waals surface area contributed by atoms with Gasteiger partial charge in [0, 0.05) is 11.7 Å². The highest BCUT2D eigenvalue weighted by atomic mass is 32.2. The number of anilines is 1. The van der Waals surface area contributed by atoms with Crippen molar-refractivity contribution < 1.29 is 12.8 Å². The fourth-order valence-electron chi connectivity index (χ4n) is 1.87. The van der Waals surface area contributed by atoms with E-state index < -0.39 is 10.0 Å². The van der Waals surface area contributed by atoms with Gasteiger partial charge in [-0.15, -0.1) is 0 Å². The van der Waals surface area contributed by atoms with Gasteiger partial charge in [0.1, 0.15) is 5.82 Å². The van der Waals surface area contributed by atoms with Crippen LogP contribution in [0.5, 0.6) is 0 Å². The van der Waals surface area contributed by atoms with E-state index in [2.05, 4.69) is 5.32 Å². The van der Waals surface area contributed by atoms with Crippen LogP contribution in [0.3, 0.4) is 0 Å². The third-order valence-electron chi connectivity index (χ3n) is 2.89. The van der Waals surface area contributed by atoms with E-state index in [0.717, 1.165) is 5.56 Å². The lowest BCUT2D eigenvalue weighted by molar-refractivity contribution is 0.597.